The molecule has 1 unspecified atom stereocenters. The van der Waals surface area contributed by atoms with Crippen molar-refractivity contribution in [2.45, 2.75) is 31.8 Å². The second-order valence-corrected chi connectivity index (χ2v) is 6.83. The summed E-state index contributed by atoms with van der Waals surface area (Å²) in [6.45, 7) is 2.96. The Morgan fingerprint density at radius 1 is 1.47 bits per heavy atom. The Bertz CT molecular complexity index is 337. The van der Waals surface area contributed by atoms with E-state index in [0.717, 1.165) is 6.29 Å². The van der Waals surface area contributed by atoms with E-state index < -0.39 is 15.3 Å². The number of carbonyl (C=O) groups is 1. The summed E-state index contributed by atoms with van der Waals surface area (Å²) in [6, 6.07) is 0. The molecule has 1 rings (SSSR count). The van der Waals surface area contributed by atoms with Gasteiger partial charge >= 0.3 is 0 Å². The first-order valence-electron chi connectivity index (χ1n) is 5.13. The van der Waals surface area contributed by atoms with Crippen LogP contribution in [-0.2, 0) is 14.5 Å². The van der Waals surface area contributed by atoms with Gasteiger partial charge in [0.25, 0.3) is 0 Å². The Labute approximate surface area is 91.4 Å². The van der Waals surface area contributed by atoms with Crippen molar-refractivity contribution in [1.29, 1.82) is 0 Å². The maximum Gasteiger partial charge on any atom is 0.122 e. The SMILES string of the molecule is CC=S(C)(=O)N1CCC(O)(CC=O)CC1. The molecule has 88 valence electrons. The fraction of sp³-hybridized carbons (Fsp3) is 0.800. The van der Waals surface area contributed by atoms with Gasteiger partial charge in [0.2, 0.25) is 0 Å². The normalized spacial score (nSPS) is 25.5. The second-order valence-electron chi connectivity index (χ2n) is 4.12. The minimum atomic E-state index is -2.03. The highest BCUT2D eigenvalue weighted by Gasteiger charge is 2.33. The van der Waals surface area contributed by atoms with Crippen LogP contribution >= 0.6 is 0 Å². The molecule has 0 saturated carbocycles. The predicted molar refractivity (Wildman–Crippen MR) is 62.2 cm³/mol. The fourth-order valence-corrected chi connectivity index (χ4v) is 2.98. The molecule has 1 aliphatic heterocycles. The molecule has 0 aromatic carbocycles. The maximum absolute atomic E-state index is 12.0. The zero-order chi connectivity index (χ0) is 11.5. The zero-order valence-corrected chi connectivity index (χ0v) is 10.1. The second kappa shape index (κ2) is 4.63. The molecule has 1 saturated heterocycles. The van der Waals surface area contributed by atoms with E-state index in [2.05, 4.69) is 0 Å². The molecule has 0 aromatic rings. The first kappa shape index (κ1) is 12.7. The van der Waals surface area contributed by atoms with E-state index in [-0.39, 0.29) is 6.42 Å². The van der Waals surface area contributed by atoms with Crippen LogP contribution in [-0.4, -0.2) is 50.2 Å². The minimum absolute atomic E-state index is 0.182. The lowest BCUT2D eigenvalue weighted by Gasteiger charge is -2.37. The van der Waals surface area contributed by atoms with Crippen LogP contribution in [0.4, 0.5) is 0 Å². The van der Waals surface area contributed by atoms with Crippen molar-refractivity contribution in [1.82, 2.24) is 4.31 Å². The van der Waals surface area contributed by atoms with Crippen molar-refractivity contribution >= 4 is 21.4 Å². The largest absolute Gasteiger partial charge is 0.389 e. The van der Waals surface area contributed by atoms with E-state index in [4.69, 9.17) is 0 Å². The molecule has 0 aromatic heterocycles. The van der Waals surface area contributed by atoms with Crippen molar-refractivity contribution in [3.05, 3.63) is 0 Å². The summed E-state index contributed by atoms with van der Waals surface area (Å²) in [6.07, 6.45) is 3.68. The van der Waals surface area contributed by atoms with E-state index in [1.54, 1.807) is 18.5 Å². The Balaban J connectivity index is 2.64. The van der Waals surface area contributed by atoms with E-state index in [0.29, 0.717) is 25.9 Å². The third kappa shape index (κ3) is 3.03. The molecular formula is C10H19NO3S. The summed E-state index contributed by atoms with van der Waals surface area (Å²) < 4.78 is 13.9. The van der Waals surface area contributed by atoms with Crippen LogP contribution in [0.3, 0.4) is 0 Å². The van der Waals surface area contributed by atoms with Gasteiger partial charge in [-0.2, -0.15) is 0 Å². The first-order valence-corrected chi connectivity index (χ1v) is 7.12. The molecule has 4 nitrogen and oxygen atoms in total. The number of aliphatic hydroxyl groups is 1. The van der Waals surface area contributed by atoms with Crippen LogP contribution in [0.1, 0.15) is 26.2 Å². The number of carbonyl (C=O) groups excluding carboxylic acids is 1. The molecule has 1 aliphatic rings. The Morgan fingerprint density at radius 3 is 2.40 bits per heavy atom. The van der Waals surface area contributed by atoms with Gasteiger partial charge in [-0.15, -0.1) is 0 Å². The van der Waals surface area contributed by atoms with Crippen LogP contribution in [0.15, 0.2) is 0 Å². The van der Waals surface area contributed by atoms with Crippen molar-refractivity contribution < 1.29 is 14.1 Å². The van der Waals surface area contributed by atoms with E-state index in [1.165, 1.54) is 0 Å². The number of aldehydes is 1. The lowest BCUT2D eigenvalue weighted by Crippen LogP contribution is -2.46. The molecule has 0 spiro atoms. The van der Waals surface area contributed by atoms with Gasteiger partial charge in [-0.25, -0.2) is 4.31 Å². The van der Waals surface area contributed by atoms with Crippen LogP contribution in [0.5, 0.6) is 0 Å². The lowest BCUT2D eigenvalue weighted by molar-refractivity contribution is -0.113. The molecule has 0 radical (unpaired) electrons. The van der Waals surface area contributed by atoms with E-state index >= 15 is 0 Å². The predicted octanol–water partition coefficient (Wildman–Crippen LogP) is 0.0536. The van der Waals surface area contributed by atoms with Gasteiger partial charge in [-0.3, -0.25) is 4.21 Å². The standard InChI is InChI=1S/C10H19NO3S/c1-3-15(2,14)11-7-4-10(13,5-8-11)6-9-12/h3,9,13H,4-8H2,1-2H3. The van der Waals surface area contributed by atoms with Crippen molar-refractivity contribution in [3.63, 3.8) is 0 Å². The topological polar surface area (TPSA) is 57.6 Å². The Hall–Kier alpha value is -0.390. The quantitative estimate of drug-likeness (QED) is 0.554. The molecule has 1 N–H and O–H groups in total. The first-order chi connectivity index (χ1) is 6.93. The summed E-state index contributed by atoms with van der Waals surface area (Å²) in [5.41, 5.74) is -0.874. The highest BCUT2D eigenvalue weighted by Crippen LogP contribution is 2.25. The van der Waals surface area contributed by atoms with Gasteiger partial charge < -0.3 is 9.90 Å². The fourth-order valence-electron chi connectivity index (χ4n) is 1.77. The number of nitrogens with zero attached hydrogens (tertiary/aromatic N) is 1. The van der Waals surface area contributed by atoms with Crippen molar-refractivity contribution in [2.24, 2.45) is 0 Å². The van der Waals surface area contributed by atoms with Crippen LogP contribution in [0, 0.1) is 0 Å². The molecule has 5 heteroatoms. The third-order valence-electron chi connectivity index (χ3n) is 3.07. The smallest absolute Gasteiger partial charge is 0.122 e. The Morgan fingerprint density at radius 2 is 2.00 bits per heavy atom. The molecule has 1 atom stereocenters. The number of rotatable bonds is 3. The van der Waals surface area contributed by atoms with Crippen LogP contribution in [0.25, 0.3) is 0 Å². The third-order valence-corrected chi connectivity index (χ3v) is 5.33. The summed E-state index contributed by atoms with van der Waals surface area (Å²) in [4.78, 5) is 10.4. The molecular weight excluding hydrogens is 214 g/mol. The highest BCUT2D eigenvalue weighted by atomic mass is 32.2. The van der Waals surface area contributed by atoms with Crippen molar-refractivity contribution in [2.75, 3.05) is 19.3 Å². The monoisotopic (exact) mass is 233 g/mol. The van der Waals surface area contributed by atoms with Crippen LogP contribution in [0.2, 0.25) is 0 Å². The van der Waals surface area contributed by atoms with Gasteiger partial charge in [0, 0.05) is 35.5 Å². The lowest BCUT2D eigenvalue weighted by atomic mass is 9.90. The molecule has 0 amide bonds. The number of piperidine rings is 1. The number of hydrogen-bond acceptors (Lipinski definition) is 3. The van der Waals surface area contributed by atoms with Crippen LogP contribution < -0.4 is 0 Å². The van der Waals surface area contributed by atoms with Gasteiger partial charge in [0.15, 0.2) is 0 Å². The zero-order valence-electron chi connectivity index (χ0n) is 9.31. The van der Waals surface area contributed by atoms with Crippen molar-refractivity contribution in [3.8, 4) is 0 Å². The summed E-state index contributed by atoms with van der Waals surface area (Å²) in [5.74, 6) is 0. The molecule has 1 fully saturated rings. The number of hydrogen-bond donors (Lipinski definition) is 1. The van der Waals surface area contributed by atoms with Gasteiger partial charge in [0.1, 0.15) is 6.29 Å². The molecule has 1 heterocycles. The van der Waals surface area contributed by atoms with Gasteiger partial charge in [0.05, 0.1) is 5.60 Å². The average Bonchev–Trinajstić information content (AvgIpc) is 2.18. The summed E-state index contributed by atoms with van der Waals surface area (Å²) >= 11 is 0. The summed E-state index contributed by atoms with van der Waals surface area (Å²) in [5, 5.41) is 11.7. The molecule has 0 bridgehead atoms. The minimum Gasteiger partial charge on any atom is -0.389 e. The maximum atomic E-state index is 12.0. The Kier molecular flexibility index (Phi) is 3.92. The van der Waals surface area contributed by atoms with Gasteiger partial charge in [-0.1, -0.05) is 0 Å². The highest BCUT2D eigenvalue weighted by molar-refractivity contribution is 7.98. The van der Waals surface area contributed by atoms with E-state index in [1.807, 2.05) is 4.31 Å². The summed E-state index contributed by atoms with van der Waals surface area (Å²) in [7, 11) is -2.03. The van der Waals surface area contributed by atoms with Gasteiger partial charge in [-0.05, 0) is 25.1 Å². The van der Waals surface area contributed by atoms with E-state index in [9.17, 15) is 14.1 Å². The molecule has 0 aliphatic carbocycles. The average molecular weight is 233 g/mol. The molecule has 15 heavy (non-hydrogen) atoms.